The van der Waals surface area contributed by atoms with Gasteiger partial charge < -0.3 is 19.7 Å². The first-order valence-electron chi connectivity index (χ1n) is 7.70. The van der Waals surface area contributed by atoms with E-state index in [0.29, 0.717) is 12.5 Å². The number of rotatable bonds is 9. The maximum Gasteiger partial charge on any atom is 0.185 e. The monoisotopic (exact) mass is 313 g/mol. The molecule has 1 N–H and O–H groups in total. The summed E-state index contributed by atoms with van der Waals surface area (Å²) in [5.41, 5.74) is 1.08. The number of thiazole rings is 1. The average Bonchev–Trinajstić information content (AvgIpc) is 3.08. The Labute approximate surface area is 131 Å². The number of nitrogens with one attached hydrogen (secondary N) is 1. The summed E-state index contributed by atoms with van der Waals surface area (Å²) in [6.07, 6.45) is 2.34. The van der Waals surface area contributed by atoms with Gasteiger partial charge >= 0.3 is 0 Å². The second-order valence-corrected chi connectivity index (χ2v) is 6.59. The van der Waals surface area contributed by atoms with E-state index in [1.54, 1.807) is 25.6 Å². The van der Waals surface area contributed by atoms with Gasteiger partial charge in [0.25, 0.3) is 0 Å². The van der Waals surface area contributed by atoms with Gasteiger partial charge in [0.1, 0.15) is 0 Å². The van der Waals surface area contributed by atoms with Gasteiger partial charge in [-0.05, 0) is 19.4 Å². The van der Waals surface area contributed by atoms with Gasteiger partial charge in [-0.2, -0.15) is 0 Å². The van der Waals surface area contributed by atoms with Crippen LogP contribution in [0.25, 0.3) is 0 Å². The third-order valence-corrected chi connectivity index (χ3v) is 4.88. The zero-order chi connectivity index (χ0) is 15.1. The molecule has 2 heterocycles. The summed E-state index contributed by atoms with van der Waals surface area (Å²) in [5.74, 6) is 0.631. The number of aromatic nitrogens is 1. The molecule has 0 aliphatic carbocycles. The van der Waals surface area contributed by atoms with Crippen LogP contribution < -0.4 is 10.2 Å². The van der Waals surface area contributed by atoms with E-state index in [1.165, 1.54) is 11.3 Å². The van der Waals surface area contributed by atoms with E-state index in [0.717, 1.165) is 50.0 Å². The Bertz CT molecular complexity index is 425. The minimum atomic E-state index is 0.592. The van der Waals surface area contributed by atoms with Crippen LogP contribution in [-0.2, 0) is 22.6 Å². The van der Waals surface area contributed by atoms with Crippen LogP contribution in [0, 0.1) is 5.92 Å². The lowest BCUT2D eigenvalue weighted by Crippen LogP contribution is -2.20. The Morgan fingerprint density at radius 1 is 1.38 bits per heavy atom. The summed E-state index contributed by atoms with van der Waals surface area (Å²) in [6, 6.07) is 0. The largest absolute Gasteiger partial charge is 0.384 e. The predicted molar refractivity (Wildman–Crippen MR) is 87.0 cm³/mol. The Morgan fingerprint density at radius 3 is 2.95 bits per heavy atom. The van der Waals surface area contributed by atoms with Crippen molar-refractivity contribution in [2.45, 2.75) is 32.9 Å². The first-order chi connectivity index (χ1) is 10.3. The molecule has 0 aromatic carbocycles. The molecule has 6 heteroatoms. The normalized spacial score (nSPS) is 18.6. The molecule has 1 atom stereocenters. The van der Waals surface area contributed by atoms with Gasteiger partial charge in [-0.15, -0.1) is 11.3 Å². The molecule has 21 heavy (non-hydrogen) atoms. The molecule has 5 nitrogen and oxygen atoms in total. The smallest absolute Gasteiger partial charge is 0.185 e. The van der Waals surface area contributed by atoms with Crippen LogP contribution in [0.15, 0.2) is 0 Å². The number of anilines is 1. The highest BCUT2D eigenvalue weighted by molar-refractivity contribution is 7.15. The van der Waals surface area contributed by atoms with Crippen molar-refractivity contribution in [3.8, 4) is 0 Å². The maximum absolute atomic E-state index is 5.29. The molecule has 0 bridgehead atoms. The molecule has 1 saturated heterocycles. The van der Waals surface area contributed by atoms with E-state index in [9.17, 15) is 0 Å². The summed E-state index contributed by atoms with van der Waals surface area (Å²) >= 11 is 1.80. The fourth-order valence-electron chi connectivity index (χ4n) is 2.65. The van der Waals surface area contributed by atoms with Gasteiger partial charge in [-0.25, -0.2) is 4.98 Å². The van der Waals surface area contributed by atoms with Gasteiger partial charge in [0.2, 0.25) is 0 Å². The predicted octanol–water partition coefficient (Wildman–Crippen LogP) is 2.26. The topological polar surface area (TPSA) is 46.6 Å². The Morgan fingerprint density at radius 2 is 2.24 bits per heavy atom. The van der Waals surface area contributed by atoms with Crippen molar-refractivity contribution in [2.75, 3.05) is 45.4 Å². The summed E-state index contributed by atoms with van der Waals surface area (Å²) in [4.78, 5) is 8.48. The Balaban J connectivity index is 2.01. The van der Waals surface area contributed by atoms with E-state index < -0.39 is 0 Å². The fourth-order valence-corrected chi connectivity index (χ4v) is 3.72. The van der Waals surface area contributed by atoms with Crippen molar-refractivity contribution in [3.05, 3.63) is 10.6 Å². The standard InChI is InChI=1S/C15H27N3O2S/c1-4-6-16-8-14-13(11-20-3)17-15(21-14)18-7-5-12(9-18)10-19-2/h12,16H,4-11H2,1-3H3. The number of hydrogen-bond acceptors (Lipinski definition) is 6. The molecule has 1 aromatic heterocycles. The zero-order valence-electron chi connectivity index (χ0n) is 13.4. The quantitative estimate of drug-likeness (QED) is 0.709. The second kappa shape index (κ2) is 8.68. The first kappa shape index (κ1) is 16.7. The van der Waals surface area contributed by atoms with Gasteiger partial charge in [0.15, 0.2) is 5.13 Å². The van der Waals surface area contributed by atoms with E-state index in [2.05, 4.69) is 17.1 Å². The molecule has 0 amide bonds. The van der Waals surface area contributed by atoms with Gasteiger partial charge in [-0.3, -0.25) is 0 Å². The summed E-state index contributed by atoms with van der Waals surface area (Å²) < 4.78 is 10.6. The molecular weight excluding hydrogens is 286 g/mol. The number of hydrogen-bond donors (Lipinski definition) is 1. The van der Waals surface area contributed by atoms with Gasteiger partial charge in [-0.1, -0.05) is 6.92 Å². The molecule has 2 rings (SSSR count). The molecule has 1 aliphatic heterocycles. The highest BCUT2D eigenvalue weighted by atomic mass is 32.1. The summed E-state index contributed by atoms with van der Waals surface area (Å²) in [6.45, 7) is 7.68. The molecule has 0 saturated carbocycles. The SMILES string of the molecule is CCCNCc1sc(N2CCC(COC)C2)nc1COC. The van der Waals surface area contributed by atoms with Crippen molar-refractivity contribution in [2.24, 2.45) is 5.92 Å². The molecule has 1 aromatic rings. The molecule has 1 aliphatic rings. The Hall–Kier alpha value is -0.690. The third-order valence-electron chi connectivity index (χ3n) is 3.72. The fraction of sp³-hybridized carbons (Fsp3) is 0.800. The molecule has 0 radical (unpaired) electrons. The second-order valence-electron chi connectivity index (χ2n) is 5.53. The van der Waals surface area contributed by atoms with E-state index >= 15 is 0 Å². The lowest BCUT2D eigenvalue weighted by Gasteiger charge is -2.14. The van der Waals surface area contributed by atoms with Crippen molar-refractivity contribution < 1.29 is 9.47 Å². The summed E-state index contributed by atoms with van der Waals surface area (Å²) in [5, 5.41) is 4.59. The van der Waals surface area contributed by atoms with Crippen LogP contribution >= 0.6 is 11.3 Å². The number of ether oxygens (including phenoxy) is 2. The maximum atomic E-state index is 5.29. The van der Waals surface area contributed by atoms with Crippen LogP contribution in [0.5, 0.6) is 0 Å². The van der Waals surface area contributed by atoms with Crippen LogP contribution in [0.3, 0.4) is 0 Å². The van der Waals surface area contributed by atoms with Crippen LogP contribution in [-0.4, -0.2) is 45.4 Å². The first-order valence-corrected chi connectivity index (χ1v) is 8.52. The minimum absolute atomic E-state index is 0.592. The third kappa shape index (κ3) is 4.64. The zero-order valence-corrected chi connectivity index (χ0v) is 14.2. The lowest BCUT2D eigenvalue weighted by atomic mass is 10.1. The molecule has 1 unspecified atom stereocenters. The van der Waals surface area contributed by atoms with Crippen molar-refractivity contribution >= 4 is 16.5 Å². The Kier molecular flexibility index (Phi) is 6.89. The lowest BCUT2D eigenvalue weighted by molar-refractivity contribution is 0.161. The number of methoxy groups -OCH3 is 2. The van der Waals surface area contributed by atoms with E-state index in [4.69, 9.17) is 14.5 Å². The van der Waals surface area contributed by atoms with E-state index in [1.807, 2.05) is 0 Å². The van der Waals surface area contributed by atoms with Gasteiger partial charge in [0.05, 0.1) is 18.9 Å². The molecule has 120 valence electrons. The highest BCUT2D eigenvalue weighted by Crippen LogP contribution is 2.31. The highest BCUT2D eigenvalue weighted by Gasteiger charge is 2.25. The van der Waals surface area contributed by atoms with Crippen LogP contribution in [0.4, 0.5) is 5.13 Å². The summed E-state index contributed by atoms with van der Waals surface area (Å²) in [7, 11) is 3.51. The van der Waals surface area contributed by atoms with Gasteiger partial charge in [0, 0.05) is 44.6 Å². The van der Waals surface area contributed by atoms with Crippen molar-refractivity contribution in [1.82, 2.24) is 10.3 Å². The molecule has 1 fully saturated rings. The van der Waals surface area contributed by atoms with Crippen LogP contribution in [0.2, 0.25) is 0 Å². The van der Waals surface area contributed by atoms with Crippen molar-refractivity contribution in [1.29, 1.82) is 0 Å². The van der Waals surface area contributed by atoms with Crippen LogP contribution in [0.1, 0.15) is 30.3 Å². The van der Waals surface area contributed by atoms with E-state index in [-0.39, 0.29) is 0 Å². The molecule has 0 spiro atoms. The minimum Gasteiger partial charge on any atom is -0.384 e. The number of nitrogens with zero attached hydrogens (tertiary/aromatic N) is 2. The van der Waals surface area contributed by atoms with Crippen molar-refractivity contribution in [3.63, 3.8) is 0 Å². The molecular formula is C15H27N3O2S. The average molecular weight is 313 g/mol.